The maximum atomic E-state index is 11.3. The van der Waals surface area contributed by atoms with Crippen LogP contribution in [0.4, 0.5) is 11.5 Å². The number of carbonyl (C=O) groups is 1. The van der Waals surface area contributed by atoms with Crippen molar-refractivity contribution in [3.8, 4) is 23.1 Å². The fourth-order valence-corrected chi connectivity index (χ4v) is 4.54. The minimum atomic E-state index is -0.156. The molecule has 1 aliphatic heterocycles. The number of nitriles is 1. The van der Waals surface area contributed by atoms with Gasteiger partial charge in [-0.25, -0.2) is 9.97 Å². The summed E-state index contributed by atoms with van der Waals surface area (Å²) >= 11 is 1.44. The fourth-order valence-electron chi connectivity index (χ4n) is 3.75. The van der Waals surface area contributed by atoms with Crippen LogP contribution < -0.4 is 15.8 Å². The molecule has 0 atom stereocenters. The second-order valence-electron chi connectivity index (χ2n) is 8.22. The van der Waals surface area contributed by atoms with E-state index in [4.69, 9.17) is 15.2 Å². The summed E-state index contributed by atoms with van der Waals surface area (Å²) in [5, 5.41) is 12.8. The van der Waals surface area contributed by atoms with Gasteiger partial charge in [0.15, 0.2) is 5.16 Å². The van der Waals surface area contributed by atoms with Crippen LogP contribution in [0.1, 0.15) is 18.1 Å². The van der Waals surface area contributed by atoms with Gasteiger partial charge in [0.05, 0.1) is 18.9 Å². The first-order valence-corrected chi connectivity index (χ1v) is 12.6. The van der Waals surface area contributed by atoms with Crippen molar-refractivity contribution >= 4 is 29.2 Å². The minimum absolute atomic E-state index is 0.135. The Labute approximate surface area is 214 Å². The average molecular weight is 505 g/mol. The zero-order valence-corrected chi connectivity index (χ0v) is 20.9. The Balaban J connectivity index is 1.41. The van der Waals surface area contributed by atoms with Crippen LogP contribution in [0, 0.1) is 11.3 Å². The molecule has 0 spiro atoms. The quantitative estimate of drug-likeness (QED) is 0.332. The van der Waals surface area contributed by atoms with Gasteiger partial charge in [-0.05, 0) is 29.8 Å². The van der Waals surface area contributed by atoms with Gasteiger partial charge in [0.1, 0.15) is 29.8 Å². The smallest absolute Gasteiger partial charge is 0.221 e. The molecule has 0 unspecified atom stereocenters. The van der Waals surface area contributed by atoms with Crippen LogP contribution in [0.3, 0.4) is 0 Å². The highest BCUT2D eigenvalue weighted by Gasteiger charge is 2.15. The van der Waals surface area contributed by atoms with Gasteiger partial charge in [0.2, 0.25) is 5.91 Å². The maximum Gasteiger partial charge on any atom is 0.221 e. The van der Waals surface area contributed by atoms with Crippen molar-refractivity contribution < 1.29 is 14.3 Å². The van der Waals surface area contributed by atoms with Crippen molar-refractivity contribution in [3.63, 3.8) is 0 Å². The number of nitrogens with two attached hydrogens (primary N) is 1. The maximum absolute atomic E-state index is 11.3. The van der Waals surface area contributed by atoms with E-state index in [0.29, 0.717) is 34.5 Å². The molecule has 1 fully saturated rings. The SMILES string of the molecule is CC(=O)Nc1ccc(-c2nc(SCc3cccc(OCCN4CCOCC4)c3)nc(N)c2C#N)cc1. The molecule has 10 heteroatoms. The standard InChI is InChI=1S/C26H28N6O3S/c1-18(33)29-21-7-5-20(6-8-21)24-23(16-27)25(28)31-26(30-24)36-17-19-3-2-4-22(15-19)35-14-11-32-9-12-34-13-10-32/h2-8,15H,9-14,17H2,1H3,(H,29,33)(H2,28,30,31). The summed E-state index contributed by atoms with van der Waals surface area (Å²) in [6.07, 6.45) is 0. The predicted molar refractivity (Wildman–Crippen MR) is 140 cm³/mol. The Kier molecular flexibility index (Phi) is 8.73. The van der Waals surface area contributed by atoms with Gasteiger partial charge >= 0.3 is 0 Å². The topological polar surface area (TPSA) is 126 Å². The largest absolute Gasteiger partial charge is 0.492 e. The van der Waals surface area contributed by atoms with Gasteiger partial charge < -0.3 is 20.5 Å². The molecule has 1 aromatic heterocycles. The minimum Gasteiger partial charge on any atom is -0.492 e. The number of morpholine rings is 1. The number of anilines is 2. The molecule has 3 N–H and O–H groups in total. The summed E-state index contributed by atoms with van der Waals surface area (Å²) in [5.41, 5.74) is 9.23. The van der Waals surface area contributed by atoms with Gasteiger partial charge in [-0.1, -0.05) is 36.0 Å². The molecule has 1 amide bonds. The molecular formula is C26H28N6O3S. The molecular weight excluding hydrogens is 476 g/mol. The highest BCUT2D eigenvalue weighted by Crippen LogP contribution is 2.30. The van der Waals surface area contributed by atoms with Crippen molar-refractivity contribution in [1.29, 1.82) is 5.26 Å². The van der Waals surface area contributed by atoms with E-state index in [2.05, 4.69) is 26.3 Å². The van der Waals surface area contributed by atoms with E-state index in [1.807, 2.05) is 24.3 Å². The van der Waals surface area contributed by atoms with Gasteiger partial charge in [0.25, 0.3) is 0 Å². The van der Waals surface area contributed by atoms with Crippen LogP contribution in [0.15, 0.2) is 53.7 Å². The number of carbonyl (C=O) groups excluding carboxylic acids is 1. The summed E-state index contributed by atoms with van der Waals surface area (Å²) < 4.78 is 11.3. The molecule has 36 heavy (non-hydrogen) atoms. The number of ether oxygens (including phenoxy) is 2. The molecule has 1 aliphatic rings. The van der Waals surface area contributed by atoms with Crippen molar-refractivity contribution in [3.05, 3.63) is 59.7 Å². The lowest BCUT2D eigenvalue weighted by Crippen LogP contribution is -2.38. The average Bonchev–Trinajstić information content (AvgIpc) is 2.88. The van der Waals surface area contributed by atoms with E-state index in [1.165, 1.54) is 18.7 Å². The fraction of sp³-hybridized carbons (Fsp3) is 0.308. The summed E-state index contributed by atoms with van der Waals surface area (Å²) in [6, 6.07) is 17.2. The summed E-state index contributed by atoms with van der Waals surface area (Å²) in [5.74, 6) is 1.42. The summed E-state index contributed by atoms with van der Waals surface area (Å²) in [4.78, 5) is 22.6. The Morgan fingerprint density at radius 2 is 2.00 bits per heavy atom. The van der Waals surface area contributed by atoms with Gasteiger partial charge in [-0.3, -0.25) is 9.69 Å². The number of hydrogen-bond acceptors (Lipinski definition) is 9. The number of aromatic nitrogens is 2. The van der Waals surface area contributed by atoms with Crippen molar-refractivity contribution in [1.82, 2.24) is 14.9 Å². The number of nitrogens with zero attached hydrogens (tertiary/aromatic N) is 4. The van der Waals surface area contributed by atoms with E-state index in [9.17, 15) is 10.1 Å². The zero-order valence-electron chi connectivity index (χ0n) is 20.1. The lowest BCUT2D eigenvalue weighted by Gasteiger charge is -2.26. The second kappa shape index (κ2) is 12.4. The third-order valence-electron chi connectivity index (χ3n) is 5.55. The number of nitrogen functional groups attached to an aromatic ring is 1. The third-order valence-corrected chi connectivity index (χ3v) is 6.47. The Morgan fingerprint density at radius 1 is 1.22 bits per heavy atom. The van der Waals surface area contributed by atoms with E-state index in [1.54, 1.807) is 24.3 Å². The van der Waals surface area contributed by atoms with Gasteiger partial charge in [-0.2, -0.15) is 5.26 Å². The van der Waals surface area contributed by atoms with Crippen molar-refractivity contribution in [2.75, 3.05) is 50.5 Å². The first-order valence-electron chi connectivity index (χ1n) is 11.6. The van der Waals surface area contributed by atoms with Gasteiger partial charge in [0, 0.05) is 43.6 Å². The molecule has 4 rings (SSSR count). The molecule has 0 aliphatic carbocycles. The van der Waals surface area contributed by atoms with Crippen LogP contribution in [-0.4, -0.2) is 60.2 Å². The molecule has 186 valence electrons. The van der Waals surface area contributed by atoms with Gasteiger partial charge in [-0.15, -0.1) is 0 Å². The molecule has 3 aromatic rings. The molecule has 0 radical (unpaired) electrons. The van der Waals surface area contributed by atoms with E-state index in [-0.39, 0.29) is 17.3 Å². The van der Waals surface area contributed by atoms with Crippen LogP contribution >= 0.6 is 11.8 Å². The molecule has 2 heterocycles. The normalized spacial score (nSPS) is 13.7. The van der Waals surface area contributed by atoms with E-state index in [0.717, 1.165) is 44.2 Å². The second-order valence-corrected chi connectivity index (χ2v) is 9.17. The number of thioether (sulfide) groups is 1. The third kappa shape index (κ3) is 6.95. The van der Waals surface area contributed by atoms with Crippen LogP contribution in [0.5, 0.6) is 5.75 Å². The Hall–Kier alpha value is -3.65. The number of nitrogens with one attached hydrogen (secondary N) is 1. The van der Waals surface area contributed by atoms with Crippen LogP contribution in [0.25, 0.3) is 11.3 Å². The summed E-state index contributed by atoms with van der Waals surface area (Å²) in [7, 11) is 0. The molecule has 9 nitrogen and oxygen atoms in total. The predicted octanol–water partition coefficient (Wildman–Crippen LogP) is 3.56. The zero-order chi connectivity index (χ0) is 25.3. The lowest BCUT2D eigenvalue weighted by atomic mass is 10.1. The summed E-state index contributed by atoms with van der Waals surface area (Å²) in [6.45, 7) is 6.37. The first kappa shape index (κ1) is 25.4. The number of hydrogen-bond donors (Lipinski definition) is 2. The molecule has 0 saturated carbocycles. The van der Waals surface area contributed by atoms with E-state index >= 15 is 0 Å². The van der Waals surface area contributed by atoms with Crippen molar-refractivity contribution in [2.24, 2.45) is 0 Å². The first-order chi connectivity index (χ1) is 17.5. The molecule has 1 saturated heterocycles. The van der Waals surface area contributed by atoms with Crippen LogP contribution in [0.2, 0.25) is 0 Å². The van der Waals surface area contributed by atoms with Crippen molar-refractivity contribution in [2.45, 2.75) is 17.8 Å². The van der Waals surface area contributed by atoms with E-state index < -0.39 is 0 Å². The molecule has 2 aromatic carbocycles. The highest BCUT2D eigenvalue weighted by molar-refractivity contribution is 7.98. The van der Waals surface area contributed by atoms with Crippen LogP contribution in [-0.2, 0) is 15.3 Å². The Morgan fingerprint density at radius 3 is 2.72 bits per heavy atom. The molecule has 0 bridgehead atoms. The number of amides is 1. The highest BCUT2D eigenvalue weighted by atomic mass is 32.2. The monoisotopic (exact) mass is 504 g/mol. The Bertz CT molecular complexity index is 1240. The lowest BCUT2D eigenvalue weighted by molar-refractivity contribution is -0.114. The number of rotatable bonds is 9. The number of benzene rings is 2.